The summed E-state index contributed by atoms with van der Waals surface area (Å²) < 4.78 is 0. The first-order valence-corrected chi connectivity index (χ1v) is 4.28. The fourth-order valence-electron chi connectivity index (χ4n) is 0.907. The summed E-state index contributed by atoms with van der Waals surface area (Å²) in [5.41, 5.74) is 11.0. The lowest BCUT2D eigenvalue weighted by Gasteiger charge is -2.07. The van der Waals surface area contributed by atoms with E-state index in [9.17, 15) is 4.79 Å². The standard InChI is InChI=1S/C9H12N4O2/c10-8(13-15)6-9(14)12-11-7-4-2-1-3-5-7/h1-5,11,15H,6H2,(H2,10,13)(H,12,14). The van der Waals surface area contributed by atoms with Crippen LogP contribution in [0.25, 0.3) is 0 Å². The predicted octanol–water partition coefficient (Wildman–Crippen LogP) is 0.266. The first-order chi connectivity index (χ1) is 7.22. The van der Waals surface area contributed by atoms with Gasteiger partial charge in [0.1, 0.15) is 5.84 Å². The van der Waals surface area contributed by atoms with E-state index in [2.05, 4.69) is 16.0 Å². The number of benzene rings is 1. The van der Waals surface area contributed by atoms with E-state index < -0.39 is 0 Å². The molecule has 0 saturated heterocycles. The minimum Gasteiger partial charge on any atom is -0.409 e. The number of rotatable bonds is 4. The van der Waals surface area contributed by atoms with Gasteiger partial charge in [-0.25, -0.2) is 0 Å². The van der Waals surface area contributed by atoms with Gasteiger partial charge in [0.25, 0.3) is 0 Å². The van der Waals surface area contributed by atoms with Crippen molar-refractivity contribution in [1.29, 1.82) is 0 Å². The summed E-state index contributed by atoms with van der Waals surface area (Å²) in [4.78, 5) is 11.1. The number of para-hydroxylation sites is 1. The van der Waals surface area contributed by atoms with Crippen molar-refractivity contribution in [1.82, 2.24) is 5.43 Å². The average Bonchev–Trinajstić information content (AvgIpc) is 2.27. The largest absolute Gasteiger partial charge is 0.409 e. The van der Waals surface area contributed by atoms with Crippen LogP contribution in [0.4, 0.5) is 5.69 Å². The summed E-state index contributed by atoms with van der Waals surface area (Å²) in [7, 11) is 0. The number of oxime groups is 1. The second kappa shape index (κ2) is 5.48. The lowest BCUT2D eigenvalue weighted by atomic mass is 10.3. The van der Waals surface area contributed by atoms with E-state index in [1.165, 1.54) is 0 Å². The molecule has 0 aliphatic heterocycles. The number of nitrogens with one attached hydrogen (secondary N) is 2. The quantitative estimate of drug-likeness (QED) is 0.247. The van der Waals surface area contributed by atoms with Crippen LogP contribution < -0.4 is 16.6 Å². The molecule has 0 aromatic heterocycles. The van der Waals surface area contributed by atoms with E-state index in [1.54, 1.807) is 12.1 Å². The van der Waals surface area contributed by atoms with Crippen molar-refractivity contribution in [3.05, 3.63) is 30.3 Å². The maximum Gasteiger partial charge on any atom is 0.246 e. The molecule has 1 aromatic rings. The topological polar surface area (TPSA) is 99.7 Å². The van der Waals surface area contributed by atoms with Gasteiger partial charge in [0.2, 0.25) is 5.91 Å². The van der Waals surface area contributed by atoms with Gasteiger partial charge in [-0.2, -0.15) is 0 Å². The summed E-state index contributed by atoms with van der Waals surface area (Å²) in [6.45, 7) is 0. The molecular formula is C9H12N4O2. The van der Waals surface area contributed by atoms with E-state index in [4.69, 9.17) is 10.9 Å². The highest BCUT2D eigenvalue weighted by atomic mass is 16.4. The molecule has 0 aliphatic rings. The first kappa shape index (κ1) is 10.8. The molecule has 0 atom stereocenters. The lowest BCUT2D eigenvalue weighted by molar-refractivity contribution is -0.119. The van der Waals surface area contributed by atoms with Crippen molar-refractivity contribution in [3.63, 3.8) is 0 Å². The molecule has 1 amide bonds. The molecule has 1 rings (SSSR count). The number of nitrogens with zero attached hydrogens (tertiary/aromatic N) is 1. The van der Waals surface area contributed by atoms with Crippen LogP contribution in [0.2, 0.25) is 0 Å². The van der Waals surface area contributed by atoms with Gasteiger partial charge < -0.3 is 10.9 Å². The number of carbonyl (C=O) groups excluding carboxylic acids is 1. The Labute approximate surface area is 86.7 Å². The molecule has 0 fully saturated rings. The smallest absolute Gasteiger partial charge is 0.246 e. The van der Waals surface area contributed by atoms with Crippen LogP contribution in [-0.2, 0) is 4.79 Å². The molecule has 80 valence electrons. The van der Waals surface area contributed by atoms with Crippen LogP contribution in [-0.4, -0.2) is 17.0 Å². The van der Waals surface area contributed by atoms with Gasteiger partial charge in [0.15, 0.2) is 0 Å². The normalized spacial score (nSPS) is 10.8. The van der Waals surface area contributed by atoms with E-state index in [-0.39, 0.29) is 18.2 Å². The molecular weight excluding hydrogens is 196 g/mol. The SMILES string of the molecule is NC(CC(=O)NNc1ccccc1)=NO. The van der Waals surface area contributed by atoms with Crippen LogP contribution in [0.5, 0.6) is 0 Å². The van der Waals surface area contributed by atoms with Crippen molar-refractivity contribution in [2.75, 3.05) is 5.43 Å². The van der Waals surface area contributed by atoms with E-state index in [0.29, 0.717) is 0 Å². The molecule has 6 heteroatoms. The van der Waals surface area contributed by atoms with Gasteiger partial charge in [0.05, 0.1) is 12.1 Å². The Morgan fingerprint density at radius 3 is 2.67 bits per heavy atom. The third kappa shape index (κ3) is 3.99. The fraction of sp³-hybridized carbons (Fsp3) is 0.111. The number of carbonyl (C=O) groups is 1. The van der Waals surface area contributed by atoms with Gasteiger partial charge >= 0.3 is 0 Å². The van der Waals surface area contributed by atoms with Crippen LogP contribution >= 0.6 is 0 Å². The highest BCUT2D eigenvalue weighted by molar-refractivity contribution is 5.98. The average molecular weight is 208 g/mol. The summed E-state index contributed by atoms with van der Waals surface area (Å²) in [5, 5.41) is 10.9. The van der Waals surface area contributed by atoms with Gasteiger partial charge in [0, 0.05) is 0 Å². The van der Waals surface area contributed by atoms with E-state index in [0.717, 1.165) is 5.69 Å². The van der Waals surface area contributed by atoms with E-state index >= 15 is 0 Å². The zero-order valence-corrected chi connectivity index (χ0v) is 7.97. The summed E-state index contributed by atoms with van der Waals surface area (Å²) in [6, 6.07) is 9.12. The third-order valence-electron chi connectivity index (χ3n) is 1.59. The Bertz CT molecular complexity index is 350. The number of amides is 1. The van der Waals surface area contributed by atoms with E-state index in [1.807, 2.05) is 18.2 Å². The maximum absolute atomic E-state index is 11.1. The Morgan fingerprint density at radius 2 is 2.07 bits per heavy atom. The second-order valence-electron chi connectivity index (χ2n) is 2.81. The van der Waals surface area contributed by atoms with Crippen molar-refractivity contribution < 1.29 is 10.0 Å². The van der Waals surface area contributed by atoms with Crippen molar-refractivity contribution in [3.8, 4) is 0 Å². The molecule has 15 heavy (non-hydrogen) atoms. The lowest BCUT2D eigenvalue weighted by Crippen LogP contribution is -2.32. The summed E-state index contributed by atoms with van der Waals surface area (Å²) in [5.74, 6) is -0.517. The molecule has 6 nitrogen and oxygen atoms in total. The zero-order valence-electron chi connectivity index (χ0n) is 7.97. The Kier molecular flexibility index (Phi) is 3.96. The minimum atomic E-state index is -0.380. The third-order valence-corrected chi connectivity index (χ3v) is 1.59. The zero-order chi connectivity index (χ0) is 11.1. The number of anilines is 1. The van der Waals surface area contributed by atoms with Crippen molar-refractivity contribution in [2.45, 2.75) is 6.42 Å². The molecule has 5 N–H and O–H groups in total. The van der Waals surface area contributed by atoms with Gasteiger partial charge in [-0.05, 0) is 12.1 Å². The van der Waals surface area contributed by atoms with Crippen LogP contribution in [0.15, 0.2) is 35.5 Å². The van der Waals surface area contributed by atoms with Gasteiger partial charge in [-0.15, -0.1) is 0 Å². The number of nitrogens with two attached hydrogens (primary N) is 1. The molecule has 0 saturated carbocycles. The second-order valence-corrected chi connectivity index (χ2v) is 2.81. The number of hydrogen-bond acceptors (Lipinski definition) is 4. The molecule has 0 radical (unpaired) electrons. The maximum atomic E-state index is 11.1. The number of hydrazine groups is 1. The summed E-state index contributed by atoms with van der Waals surface area (Å²) >= 11 is 0. The van der Waals surface area contributed by atoms with Crippen LogP contribution in [0, 0.1) is 0 Å². The van der Waals surface area contributed by atoms with Crippen molar-refractivity contribution >= 4 is 17.4 Å². The monoisotopic (exact) mass is 208 g/mol. The summed E-state index contributed by atoms with van der Waals surface area (Å²) in [6.07, 6.45) is -0.156. The van der Waals surface area contributed by atoms with Crippen LogP contribution in [0.1, 0.15) is 6.42 Å². The van der Waals surface area contributed by atoms with Gasteiger partial charge in [-0.3, -0.25) is 15.6 Å². The Morgan fingerprint density at radius 1 is 1.40 bits per heavy atom. The predicted molar refractivity (Wildman–Crippen MR) is 56.2 cm³/mol. The number of hydrogen-bond donors (Lipinski definition) is 4. The van der Waals surface area contributed by atoms with Gasteiger partial charge in [-0.1, -0.05) is 23.4 Å². The first-order valence-electron chi connectivity index (χ1n) is 4.28. The Balaban J connectivity index is 2.35. The molecule has 0 heterocycles. The molecule has 0 spiro atoms. The molecule has 1 aromatic carbocycles. The van der Waals surface area contributed by atoms with Crippen molar-refractivity contribution in [2.24, 2.45) is 10.9 Å². The fourth-order valence-corrected chi connectivity index (χ4v) is 0.907. The highest BCUT2D eigenvalue weighted by Crippen LogP contribution is 2.02. The minimum absolute atomic E-state index is 0.137. The van der Waals surface area contributed by atoms with Crippen LogP contribution in [0.3, 0.4) is 0 Å². The molecule has 0 aliphatic carbocycles. The Hall–Kier alpha value is -2.24. The highest BCUT2D eigenvalue weighted by Gasteiger charge is 2.03. The number of amidine groups is 1. The molecule has 0 bridgehead atoms. The molecule has 0 unspecified atom stereocenters.